The molecule has 7 nitrogen and oxygen atoms in total. The number of likely N-dealkylation sites (tertiary alicyclic amines) is 1. The van der Waals surface area contributed by atoms with Crippen molar-refractivity contribution in [1.29, 1.82) is 0 Å². The van der Waals surface area contributed by atoms with E-state index < -0.39 is 12.0 Å². The summed E-state index contributed by atoms with van der Waals surface area (Å²) in [5, 5.41) is 13.6. The van der Waals surface area contributed by atoms with Crippen molar-refractivity contribution in [3.05, 3.63) is 0 Å². The van der Waals surface area contributed by atoms with E-state index in [-0.39, 0.29) is 36.9 Å². The maximum atomic E-state index is 11.8. The molecule has 1 rings (SSSR count). The molecule has 0 aromatic carbocycles. The largest absolute Gasteiger partial charge is 0.481 e. The van der Waals surface area contributed by atoms with Crippen LogP contribution in [0.15, 0.2) is 0 Å². The van der Waals surface area contributed by atoms with Gasteiger partial charge in [0.15, 0.2) is 0 Å². The molecular weight excluding hydrogens is 250 g/mol. The maximum Gasteiger partial charge on any atom is 0.315 e. The van der Waals surface area contributed by atoms with Gasteiger partial charge in [-0.3, -0.25) is 9.59 Å². The van der Waals surface area contributed by atoms with E-state index in [9.17, 15) is 14.4 Å². The summed E-state index contributed by atoms with van der Waals surface area (Å²) in [6, 6.07) is -0.661. The van der Waals surface area contributed by atoms with E-state index in [1.807, 2.05) is 20.8 Å². The van der Waals surface area contributed by atoms with E-state index in [1.165, 1.54) is 0 Å². The van der Waals surface area contributed by atoms with Gasteiger partial charge in [0.2, 0.25) is 5.91 Å². The van der Waals surface area contributed by atoms with Gasteiger partial charge in [0.1, 0.15) is 0 Å². The molecular formula is C12H21N3O4. The topological polar surface area (TPSA) is 98.7 Å². The Morgan fingerprint density at radius 1 is 1.42 bits per heavy atom. The molecule has 3 N–H and O–H groups in total. The summed E-state index contributed by atoms with van der Waals surface area (Å²) in [4.78, 5) is 35.3. The van der Waals surface area contributed by atoms with Gasteiger partial charge in [-0.2, -0.15) is 0 Å². The molecule has 0 saturated carbocycles. The number of amides is 3. The average Bonchev–Trinajstić information content (AvgIpc) is 2.58. The lowest BCUT2D eigenvalue weighted by molar-refractivity contribution is -0.137. The number of carboxylic acids is 1. The van der Waals surface area contributed by atoms with Crippen LogP contribution >= 0.6 is 0 Å². The molecule has 7 heteroatoms. The maximum absolute atomic E-state index is 11.8. The van der Waals surface area contributed by atoms with Crippen LogP contribution in [0.25, 0.3) is 0 Å². The number of carboxylic acid groups (broad SMARTS) is 1. The van der Waals surface area contributed by atoms with Crippen molar-refractivity contribution in [2.24, 2.45) is 0 Å². The lowest BCUT2D eigenvalue weighted by atomic mass is 10.1. The molecule has 1 aliphatic rings. The first-order valence-electron chi connectivity index (χ1n) is 6.27. The fraction of sp³-hybridized carbons (Fsp3) is 0.750. The Hall–Kier alpha value is -1.79. The van der Waals surface area contributed by atoms with Crippen molar-refractivity contribution in [2.45, 2.75) is 45.2 Å². The summed E-state index contributed by atoms with van der Waals surface area (Å²) in [6.07, 6.45) is 0.161. The van der Waals surface area contributed by atoms with Crippen LogP contribution in [0.4, 0.5) is 4.79 Å². The van der Waals surface area contributed by atoms with Crippen molar-refractivity contribution in [2.75, 3.05) is 13.1 Å². The van der Waals surface area contributed by atoms with Crippen molar-refractivity contribution in [3.63, 3.8) is 0 Å². The van der Waals surface area contributed by atoms with E-state index >= 15 is 0 Å². The second-order valence-electron chi connectivity index (χ2n) is 5.62. The lowest BCUT2D eigenvalue weighted by Gasteiger charge is -2.32. The zero-order chi connectivity index (χ0) is 14.6. The van der Waals surface area contributed by atoms with Crippen LogP contribution in [0.1, 0.15) is 33.6 Å². The Bertz CT molecular complexity index is 376. The number of nitrogens with zero attached hydrogens (tertiary/aromatic N) is 1. The summed E-state index contributed by atoms with van der Waals surface area (Å²) in [6.45, 7) is 6.39. The van der Waals surface area contributed by atoms with Crippen molar-refractivity contribution in [3.8, 4) is 0 Å². The van der Waals surface area contributed by atoms with Gasteiger partial charge in [-0.15, -0.1) is 0 Å². The first kappa shape index (κ1) is 15.3. The highest BCUT2D eigenvalue weighted by atomic mass is 16.4. The molecule has 1 heterocycles. The third-order valence-corrected chi connectivity index (χ3v) is 2.89. The molecule has 3 amide bonds. The predicted octanol–water partition coefficient (Wildman–Crippen LogP) is 0.160. The minimum absolute atomic E-state index is 0.0170. The van der Waals surface area contributed by atoms with E-state index in [0.717, 1.165) is 0 Å². The van der Waals surface area contributed by atoms with E-state index in [4.69, 9.17) is 5.11 Å². The lowest BCUT2D eigenvalue weighted by Crippen LogP contribution is -2.46. The highest BCUT2D eigenvalue weighted by molar-refractivity contribution is 5.82. The van der Waals surface area contributed by atoms with Crippen LogP contribution in [0, 0.1) is 0 Å². The Labute approximate surface area is 112 Å². The predicted molar refractivity (Wildman–Crippen MR) is 68.7 cm³/mol. The van der Waals surface area contributed by atoms with Gasteiger partial charge in [-0.05, 0) is 20.8 Å². The van der Waals surface area contributed by atoms with Crippen molar-refractivity contribution in [1.82, 2.24) is 15.5 Å². The molecule has 1 atom stereocenters. The minimum Gasteiger partial charge on any atom is -0.481 e. The molecule has 108 valence electrons. The number of carbonyl (C=O) groups is 3. The quantitative estimate of drug-likeness (QED) is 0.678. The number of aliphatic carboxylic acids is 1. The third kappa shape index (κ3) is 4.76. The summed E-state index contributed by atoms with van der Waals surface area (Å²) in [7, 11) is 0. The molecule has 1 aliphatic heterocycles. The van der Waals surface area contributed by atoms with Gasteiger partial charge < -0.3 is 20.6 Å². The third-order valence-electron chi connectivity index (χ3n) is 2.89. The minimum atomic E-state index is -0.963. The molecule has 19 heavy (non-hydrogen) atoms. The molecule has 0 bridgehead atoms. The Morgan fingerprint density at radius 3 is 2.53 bits per heavy atom. The zero-order valence-corrected chi connectivity index (χ0v) is 11.5. The highest BCUT2D eigenvalue weighted by Crippen LogP contribution is 2.21. The first-order chi connectivity index (χ1) is 8.70. The van der Waals surface area contributed by atoms with Crippen LogP contribution in [0.2, 0.25) is 0 Å². The number of nitrogens with one attached hydrogen (secondary N) is 2. The van der Waals surface area contributed by atoms with E-state index in [2.05, 4.69) is 10.6 Å². The Kier molecular flexibility index (Phi) is 4.74. The highest BCUT2D eigenvalue weighted by Gasteiger charge is 2.36. The van der Waals surface area contributed by atoms with Crippen LogP contribution < -0.4 is 10.6 Å². The van der Waals surface area contributed by atoms with Gasteiger partial charge in [0.05, 0.1) is 12.5 Å². The molecule has 0 aromatic rings. The second-order valence-corrected chi connectivity index (χ2v) is 5.62. The summed E-state index contributed by atoms with van der Waals surface area (Å²) < 4.78 is 0. The second kappa shape index (κ2) is 5.90. The fourth-order valence-electron chi connectivity index (χ4n) is 1.97. The fourth-order valence-corrected chi connectivity index (χ4v) is 1.97. The first-order valence-corrected chi connectivity index (χ1v) is 6.27. The molecule has 1 saturated heterocycles. The Balaban J connectivity index is 2.37. The van der Waals surface area contributed by atoms with Crippen LogP contribution in [0.3, 0.4) is 0 Å². The van der Waals surface area contributed by atoms with Crippen molar-refractivity contribution >= 4 is 17.9 Å². The van der Waals surface area contributed by atoms with Gasteiger partial charge in [0, 0.05) is 25.0 Å². The molecule has 0 spiro atoms. The summed E-state index contributed by atoms with van der Waals surface area (Å²) in [5.74, 6) is -0.946. The molecule has 0 aromatic heterocycles. The van der Waals surface area contributed by atoms with Gasteiger partial charge in [0.25, 0.3) is 0 Å². The summed E-state index contributed by atoms with van der Waals surface area (Å²) in [5.41, 5.74) is -0.257. The normalized spacial score (nSPS) is 19.4. The average molecular weight is 271 g/mol. The smallest absolute Gasteiger partial charge is 0.315 e. The molecule has 1 unspecified atom stereocenters. The molecule has 1 fully saturated rings. The number of hydrogen-bond acceptors (Lipinski definition) is 3. The van der Waals surface area contributed by atoms with Gasteiger partial charge in [-0.25, -0.2) is 4.79 Å². The Morgan fingerprint density at radius 2 is 2.05 bits per heavy atom. The van der Waals surface area contributed by atoms with E-state index in [1.54, 1.807) is 4.90 Å². The van der Waals surface area contributed by atoms with Crippen molar-refractivity contribution < 1.29 is 19.5 Å². The number of rotatable bonds is 4. The zero-order valence-electron chi connectivity index (χ0n) is 11.5. The van der Waals surface area contributed by atoms with Gasteiger partial charge in [-0.1, -0.05) is 0 Å². The number of carbonyl (C=O) groups excluding carboxylic acids is 2. The van der Waals surface area contributed by atoms with Crippen LogP contribution in [-0.4, -0.2) is 52.6 Å². The molecule has 0 aliphatic carbocycles. The van der Waals surface area contributed by atoms with Crippen LogP contribution in [0.5, 0.6) is 0 Å². The van der Waals surface area contributed by atoms with Crippen LogP contribution in [-0.2, 0) is 9.59 Å². The van der Waals surface area contributed by atoms with E-state index in [0.29, 0.717) is 6.54 Å². The van der Waals surface area contributed by atoms with Gasteiger partial charge >= 0.3 is 12.0 Å². The standard InChI is InChI=1S/C12H21N3O4/c1-12(2,3)15-7-8(6-9(15)16)14-11(19)13-5-4-10(17)18/h8H,4-7H2,1-3H3,(H,17,18)(H2,13,14,19). The summed E-state index contributed by atoms with van der Waals surface area (Å²) >= 11 is 0. The SMILES string of the molecule is CC(C)(C)N1CC(NC(=O)NCCC(=O)O)CC1=O. The monoisotopic (exact) mass is 271 g/mol. The number of hydrogen-bond donors (Lipinski definition) is 3. The number of urea groups is 1. The molecule has 0 radical (unpaired) electrons.